The fraction of sp³-hybridized carbons (Fsp3) is 0.368. The van der Waals surface area contributed by atoms with E-state index in [1.807, 2.05) is 13.0 Å². The molecule has 254 valence electrons. The topological polar surface area (TPSA) is 140 Å². The standard InChI is InChI=1S/C38H45N3O7/c1-8-11-33(47-31-19-14-24(22-37(2,3)4)20-25(31)23-38(5,6)7)40-35(43)30-21-32(28-12-9-10-13-29(28)34(30)42)48-36(44)39-26-15-17-27(18-16-26)41(45)46/h9-10,12-21,33,42H,8,11,22-23H2,1-7H3,(H,39,44)(H,40,43). The number of non-ortho nitro benzene ring substituents is 1. The van der Waals surface area contributed by atoms with Gasteiger partial charge in [0, 0.05) is 35.0 Å². The van der Waals surface area contributed by atoms with E-state index >= 15 is 0 Å². The Kier molecular flexibility index (Phi) is 11.0. The number of nitrogens with one attached hydrogen (secondary N) is 2. The normalized spacial score (nSPS) is 12.3. The molecule has 4 aromatic carbocycles. The van der Waals surface area contributed by atoms with Crippen LogP contribution < -0.4 is 20.1 Å². The summed E-state index contributed by atoms with van der Waals surface area (Å²) < 4.78 is 12.1. The van der Waals surface area contributed by atoms with Crippen LogP contribution in [0.15, 0.2) is 72.8 Å². The summed E-state index contributed by atoms with van der Waals surface area (Å²) in [6.07, 6.45) is 1.36. The number of fused-ring (bicyclic) bond motifs is 1. The van der Waals surface area contributed by atoms with Crippen molar-refractivity contribution in [3.8, 4) is 17.2 Å². The molecule has 2 amide bonds. The van der Waals surface area contributed by atoms with Gasteiger partial charge in [0.2, 0.25) is 0 Å². The van der Waals surface area contributed by atoms with E-state index in [4.69, 9.17) is 9.47 Å². The number of nitro groups is 1. The van der Waals surface area contributed by atoms with E-state index in [2.05, 4.69) is 64.3 Å². The van der Waals surface area contributed by atoms with Crippen LogP contribution in [0.3, 0.4) is 0 Å². The van der Waals surface area contributed by atoms with Crippen molar-refractivity contribution in [2.24, 2.45) is 10.8 Å². The Hall–Kier alpha value is -5.12. The fourth-order valence-electron chi connectivity index (χ4n) is 5.47. The highest BCUT2D eigenvalue weighted by Crippen LogP contribution is 2.37. The van der Waals surface area contributed by atoms with Gasteiger partial charge < -0.3 is 19.9 Å². The van der Waals surface area contributed by atoms with Crippen molar-refractivity contribution < 1.29 is 29.1 Å². The number of nitro benzene ring substituents is 1. The first-order valence-corrected chi connectivity index (χ1v) is 16.1. The van der Waals surface area contributed by atoms with Crippen LogP contribution >= 0.6 is 0 Å². The highest BCUT2D eigenvalue weighted by molar-refractivity contribution is 6.06. The predicted octanol–water partition coefficient (Wildman–Crippen LogP) is 9.18. The quantitative estimate of drug-likeness (QED) is 0.0831. The number of nitrogens with zero attached hydrogens (tertiary/aromatic N) is 1. The number of phenols is 1. The zero-order chi connectivity index (χ0) is 35.2. The summed E-state index contributed by atoms with van der Waals surface area (Å²) in [5, 5.41) is 28.4. The van der Waals surface area contributed by atoms with E-state index < -0.39 is 23.2 Å². The van der Waals surface area contributed by atoms with Gasteiger partial charge in [-0.3, -0.25) is 20.2 Å². The first-order valence-electron chi connectivity index (χ1n) is 16.1. The molecule has 4 aromatic rings. The Bertz CT molecular complexity index is 1790. The third kappa shape index (κ3) is 9.70. The molecule has 0 heterocycles. The van der Waals surface area contributed by atoms with Crippen molar-refractivity contribution >= 4 is 34.1 Å². The molecule has 0 aliphatic heterocycles. The first kappa shape index (κ1) is 35.7. The number of carbonyl (C=O) groups excluding carboxylic acids is 2. The monoisotopic (exact) mass is 655 g/mol. The van der Waals surface area contributed by atoms with E-state index in [1.165, 1.54) is 35.9 Å². The molecule has 0 bridgehead atoms. The molecule has 0 saturated carbocycles. The van der Waals surface area contributed by atoms with E-state index in [0.29, 0.717) is 22.9 Å². The Balaban J connectivity index is 1.60. The van der Waals surface area contributed by atoms with Crippen LogP contribution in [-0.4, -0.2) is 28.3 Å². The number of carbonyl (C=O) groups is 2. The Morgan fingerprint density at radius 3 is 2.12 bits per heavy atom. The molecule has 0 aliphatic carbocycles. The number of hydrogen-bond donors (Lipinski definition) is 3. The van der Waals surface area contributed by atoms with Crippen LogP contribution in [0.1, 0.15) is 82.8 Å². The predicted molar refractivity (Wildman–Crippen MR) is 188 cm³/mol. The Morgan fingerprint density at radius 2 is 1.52 bits per heavy atom. The zero-order valence-corrected chi connectivity index (χ0v) is 28.7. The molecule has 48 heavy (non-hydrogen) atoms. The summed E-state index contributed by atoms with van der Waals surface area (Å²) in [6.45, 7) is 15.1. The summed E-state index contributed by atoms with van der Waals surface area (Å²) >= 11 is 0. The fourth-order valence-corrected chi connectivity index (χ4v) is 5.47. The van der Waals surface area contributed by atoms with Gasteiger partial charge in [-0.05, 0) is 59.1 Å². The molecule has 0 spiro atoms. The molecule has 0 aliphatic rings. The van der Waals surface area contributed by atoms with Gasteiger partial charge in [-0.2, -0.15) is 0 Å². The van der Waals surface area contributed by atoms with Crippen molar-refractivity contribution in [1.82, 2.24) is 5.32 Å². The molecule has 4 rings (SSSR count). The minimum absolute atomic E-state index is 0.0000178. The van der Waals surface area contributed by atoms with Crippen LogP contribution in [0.2, 0.25) is 0 Å². The molecule has 1 atom stereocenters. The molecule has 1 unspecified atom stereocenters. The average Bonchev–Trinajstić information content (AvgIpc) is 2.98. The summed E-state index contributed by atoms with van der Waals surface area (Å²) in [6, 6.07) is 19.5. The number of anilines is 1. The second-order valence-corrected chi connectivity index (χ2v) is 14.4. The maximum atomic E-state index is 13.8. The highest BCUT2D eigenvalue weighted by atomic mass is 16.6. The third-order valence-corrected chi connectivity index (χ3v) is 7.44. The van der Waals surface area contributed by atoms with E-state index in [0.717, 1.165) is 24.8 Å². The first-order chi connectivity index (χ1) is 22.5. The Morgan fingerprint density at radius 1 is 0.875 bits per heavy atom. The van der Waals surface area contributed by atoms with Gasteiger partial charge >= 0.3 is 6.09 Å². The lowest BCUT2D eigenvalue weighted by Gasteiger charge is -2.26. The lowest BCUT2D eigenvalue weighted by molar-refractivity contribution is -0.384. The van der Waals surface area contributed by atoms with Crippen molar-refractivity contribution in [1.29, 1.82) is 0 Å². The Labute approximate surface area is 281 Å². The van der Waals surface area contributed by atoms with Crippen molar-refractivity contribution in [3.63, 3.8) is 0 Å². The number of hydrogen-bond acceptors (Lipinski definition) is 7. The summed E-state index contributed by atoms with van der Waals surface area (Å²) in [5.74, 6) is -0.126. The van der Waals surface area contributed by atoms with Crippen molar-refractivity contribution in [2.45, 2.75) is 80.4 Å². The molecule has 0 fully saturated rings. The summed E-state index contributed by atoms with van der Waals surface area (Å²) in [5.41, 5.74) is 2.47. The second kappa shape index (κ2) is 14.8. The van der Waals surface area contributed by atoms with Crippen LogP contribution in [-0.2, 0) is 12.8 Å². The van der Waals surface area contributed by atoms with Crippen molar-refractivity contribution in [3.05, 3.63) is 99.6 Å². The van der Waals surface area contributed by atoms with Gasteiger partial charge in [-0.15, -0.1) is 0 Å². The van der Waals surface area contributed by atoms with Gasteiger partial charge in [0.15, 0.2) is 6.23 Å². The van der Waals surface area contributed by atoms with Gasteiger partial charge in [0.1, 0.15) is 17.2 Å². The van der Waals surface area contributed by atoms with Crippen LogP contribution in [0.25, 0.3) is 10.8 Å². The second-order valence-electron chi connectivity index (χ2n) is 14.4. The largest absolute Gasteiger partial charge is 0.506 e. The van der Waals surface area contributed by atoms with Gasteiger partial charge in [0.05, 0.1) is 10.5 Å². The van der Waals surface area contributed by atoms with E-state index in [1.54, 1.807) is 24.3 Å². The number of aromatic hydroxyl groups is 1. The maximum Gasteiger partial charge on any atom is 0.417 e. The minimum Gasteiger partial charge on any atom is -0.506 e. The SMILES string of the molecule is CCCC(NC(=O)c1cc(OC(=O)Nc2ccc([N+](=O)[O-])cc2)c2ccccc2c1O)Oc1ccc(CC(C)(C)C)cc1CC(C)(C)C. The molecule has 10 heteroatoms. The molecule has 10 nitrogen and oxygen atoms in total. The number of benzene rings is 4. The number of phenolic OH excluding ortho intramolecular Hbond substituents is 1. The van der Waals surface area contributed by atoms with E-state index in [-0.39, 0.29) is 39.3 Å². The molecule has 0 saturated heterocycles. The average molecular weight is 656 g/mol. The number of rotatable bonds is 11. The van der Waals surface area contributed by atoms with Crippen molar-refractivity contribution in [2.75, 3.05) is 5.32 Å². The van der Waals surface area contributed by atoms with Crippen LogP contribution in [0.4, 0.5) is 16.2 Å². The van der Waals surface area contributed by atoms with Crippen LogP contribution in [0, 0.1) is 20.9 Å². The molecular weight excluding hydrogens is 610 g/mol. The van der Waals surface area contributed by atoms with Gasteiger partial charge in [0.25, 0.3) is 11.6 Å². The highest BCUT2D eigenvalue weighted by Gasteiger charge is 2.24. The zero-order valence-electron chi connectivity index (χ0n) is 28.7. The molecule has 0 radical (unpaired) electrons. The van der Waals surface area contributed by atoms with Crippen LogP contribution in [0.5, 0.6) is 17.2 Å². The smallest absolute Gasteiger partial charge is 0.417 e. The minimum atomic E-state index is -0.875. The number of ether oxygens (including phenoxy) is 2. The maximum absolute atomic E-state index is 13.8. The third-order valence-electron chi connectivity index (χ3n) is 7.44. The number of amides is 2. The summed E-state index contributed by atoms with van der Waals surface area (Å²) in [4.78, 5) is 37.0. The molecular formula is C38H45N3O7. The molecule has 0 aromatic heterocycles. The lowest BCUT2D eigenvalue weighted by Crippen LogP contribution is -2.39. The summed E-state index contributed by atoms with van der Waals surface area (Å²) in [7, 11) is 0. The van der Waals surface area contributed by atoms with E-state index in [9.17, 15) is 24.8 Å². The lowest BCUT2D eigenvalue weighted by atomic mass is 9.84. The van der Waals surface area contributed by atoms with Gasteiger partial charge in [-0.25, -0.2) is 4.79 Å². The molecule has 3 N–H and O–H groups in total. The van der Waals surface area contributed by atoms with Gasteiger partial charge in [-0.1, -0.05) is 91.3 Å².